The van der Waals surface area contributed by atoms with E-state index < -0.39 is 11.7 Å². The summed E-state index contributed by atoms with van der Waals surface area (Å²) in [6.07, 6.45) is -2.96. The second-order valence-electron chi connectivity index (χ2n) is 3.95. The van der Waals surface area contributed by atoms with Crippen molar-refractivity contribution in [3.63, 3.8) is 0 Å². The lowest BCUT2D eigenvalue weighted by atomic mass is 10.1. The van der Waals surface area contributed by atoms with E-state index in [0.29, 0.717) is 22.1 Å². The molecule has 0 aliphatic heterocycles. The van der Waals surface area contributed by atoms with Gasteiger partial charge in [-0.25, -0.2) is 9.97 Å². The molecule has 1 N–H and O–H groups in total. The summed E-state index contributed by atoms with van der Waals surface area (Å²) < 4.78 is 37.4. The molecule has 0 spiro atoms. The Balaban J connectivity index is 1.90. The van der Waals surface area contributed by atoms with Crippen LogP contribution in [0.25, 0.3) is 22.1 Å². The van der Waals surface area contributed by atoms with Crippen molar-refractivity contribution in [1.82, 2.24) is 20.2 Å². The van der Waals surface area contributed by atoms with Gasteiger partial charge in [-0.2, -0.15) is 18.3 Å². The molecule has 0 radical (unpaired) electrons. The zero-order valence-corrected chi connectivity index (χ0v) is 10.7. The van der Waals surface area contributed by atoms with Crippen LogP contribution in [0.15, 0.2) is 36.0 Å². The van der Waals surface area contributed by atoms with Crippen molar-refractivity contribution >= 4 is 11.3 Å². The van der Waals surface area contributed by atoms with Gasteiger partial charge >= 0.3 is 6.18 Å². The molecule has 0 aliphatic rings. The number of alkyl halides is 3. The lowest BCUT2D eigenvalue weighted by molar-refractivity contribution is -0.137. The van der Waals surface area contributed by atoms with Gasteiger partial charge < -0.3 is 0 Å². The van der Waals surface area contributed by atoms with E-state index in [1.54, 1.807) is 5.38 Å². The molecule has 0 atom stereocenters. The van der Waals surface area contributed by atoms with Crippen LogP contribution >= 0.6 is 11.3 Å². The average Bonchev–Trinajstić information content (AvgIpc) is 3.09. The van der Waals surface area contributed by atoms with E-state index in [1.165, 1.54) is 29.8 Å². The molecule has 2 heterocycles. The first-order valence-corrected chi connectivity index (χ1v) is 6.41. The van der Waals surface area contributed by atoms with Crippen molar-refractivity contribution in [2.24, 2.45) is 0 Å². The van der Waals surface area contributed by atoms with Crippen molar-refractivity contribution in [3.05, 3.63) is 41.5 Å². The number of aromatic nitrogens is 4. The number of hydrogen-bond acceptors (Lipinski definition) is 4. The number of halogens is 3. The largest absolute Gasteiger partial charge is 0.416 e. The normalized spacial score (nSPS) is 11.8. The molecule has 8 heteroatoms. The number of H-pyrrole nitrogens is 1. The number of hydrogen-bond donors (Lipinski definition) is 1. The molecule has 0 bridgehead atoms. The highest BCUT2D eigenvalue weighted by Crippen LogP contribution is 2.32. The molecule has 3 rings (SSSR count). The summed E-state index contributed by atoms with van der Waals surface area (Å²) in [5.74, 6) is 0.535. The number of benzene rings is 1. The van der Waals surface area contributed by atoms with Crippen LogP contribution in [-0.2, 0) is 6.18 Å². The minimum absolute atomic E-state index is 0.535. The fraction of sp³-hybridized carbons (Fsp3) is 0.0833. The third kappa shape index (κ3) is 2.42. The molecule has 0 unspecified atom stereocenters. The maximum atomic E-state index is 12.5. The Morgan fingerprint density at radius 3 is 2.45 bits per heavy atom. The standard InChI is InChI=1S/C12H7F3N4S/c13-12(14,15)8-3-1-7(2-4-8)9-5-20-11(18-9)10-16-6-17-19-10/h1-6H,(H,16,17,19). The van der Waals surface area contributed by atoms with Crippen LogP contribution in [0.2, 0.25) is 0 Å². The molecular formula is C12H7F3N4S. The van der Waals surface area contributed by atoms with E-state index in [-0.39, 0.29) is 0 Å². The summed E-state index contributed by atoms with van der Waals surface area (Å²) in [7, 11) is 0. The number of rotatable bonds is 2. The van der Waals surface area contributed by atoms with Gasteiger partial charge in [-0.1, -0.05) is 12.1 Å². The highest BCUT2D eigenvalue weighted by atomic mass is 32.1. The second kappa shape index (κ2) is 4.71. The Hall–Kier alpha value is -2.22. The fourth-order valence-corrected chi connectivity index (χ4v) is 2.43. The van der Waals surface area contributed by atoms with Crippen molar-refractivity contribution in [2.45, 2.75) is 6.18 Å². The van der Waals surface area contributed by atoms with Gasteiger partial charge in [-0.05, 0) is 12.1 Å². The maximum absolute atomic E-state index is 12.5. The van der Waals surface area contributed by atoms with Gasteiger partial charge in [-0.15, -0.1) is 11.3 Å². The number of thiazole rings is 1. The van der Waals surface area contributed by atoms with Crippen LogP contribution < -0.4 is 0 Å². The van der Waals surface area contributed by atoms with Crippen LogP contribution in [0, 0.1) is 0 Å². The Morgan fingerprint density at radius 2 is 1.85 bits per heavy atom. The van der Waals surface area contributed by atoms with Crippen molar-refractivity contribution in [2.75, 3.05) is 0 Å². The highest BCUT2D eigenvalue weighted by molar-refractivity contribution is 7.13. The Morgan fingerprint density at radius 1 is 1.10 bits per heavy atom. The van der Waals surface area contributed by atoms with Gasteiger partial charge in [0.1, 0.15) is 6.33 Å². The Labute approximate surface area is 115 Å². The minimum Gasteiger partial charge on any atom is -0.257 e. The quantitative estimate of drug-likeness (QED) is 0.786. The summed E-state index contributed by atoms with van der Waals surface area (Å²) in [4.78, 5) is 8.29. The molecular weight excluding hydrogens is 289 g/mol. The molecule has 20 heavy (non-hydrogen) atoms. The van der Waals surface area contributed by atoms with Crippen LogP contribution in [-0.4, -0.2) is 20.2 Å². The van der Waals surface area contributed by atoms with Gasteiger partial charge in [0, 0.05) is 10.9 Å². The molecule has 0 aliphatic carbocycles. The van der Waals surface area contributed by atoms with Crippen LogP contribution in [0.1, 0.15) is 5.56 Å². The topological polar surface area (TPSA) is 54.5 Å². The zero-order chi connectivity index (χ0) is 14.2. The lowest BCUT2D eigenvalue weighted by Crippen LogP contribution is -2.03. The molecule has 102 valence electrons. The van der Waals surface area contributed by atoms with E-state index >= 15 is 0 Å². The number of nitrogens with zero attached hydrogens (tertiary/aromatic N) is 3. The molecule has 0 fully saturated rings. The Bertz CT molecular complexity index is 701. The summed E-state index contributed by atoms with van der Waals surface area (Å²) in [6.45, 7) is 0. The van der Waals surface area contributed by atoms with Crippen LogP contribution in [0.5, 0.6) is 0 Å². The van der Waals surface area contributed by atoms with E-state index in [2.05, 4.69) is 20.2 Å². The first-order chi connectivity index (χ1) is 9.54. The molecule has 2 aromatic heterocycles. The Kier molecular flexibility index (Phi) is 3.01. The first-order valence-electron chi connectivity index (χ1n) is 5.53. The van der Waals surface area contributed by atoms with Gasteiger partial charge in [-0.3, -0.25) is 5.10 Å². The highest BCUT2D eigenvalue weighted by Gasteiger charge is 2.30. The number of aromatic amines is 1. The van der Waals surface area contributed by atoms with Crippen molar-refractivity contribution in [3.8, 4) is 22.1 Å². The number of nitrogens with one attached hydrogen (secondary N) is 1. The predicted molar refractivity (Wildman–Crippen MR) is 67.9 cm³/mol. The predicted octanol–water partition coefficient (Wildman–Crippen LogP) is 3.61. The van der Waals surface area contributed by atoms with Crippen LogP contribution in [0.4, 0.5) is 13.2 Å². The lowest BCUT2D eigenvalue weighted by Gasteiger charge is -2.06. The minimum atomic E-state index is -4.33. The van der Waals surface area contributed by atoms with Gasteiger partial charge in [0.05, 0.1) is 11.3 Å². The van der Waals surface area contributed by atoms with E-state index in [1.807, 2.05) is 0 Å². The molecule has 0 amide bonds. The second-order valence-corrected chi connectivity index (χ2v) is 4.81. The molecule has 0 saturated heterocycles. The summed E-state index contributed by atoms with van der Waals surface area (Å²) >= 11 is 1.34. The summed E-state index contributed by atoms with van der Waals surface area (Å²) in [6, 6.07) is 4.90. The van der Waals surface area contributed by atoms with Crippen LogP contribution in [0.3, 0.4) is 0 Å². The van der Waals surface area contributed by atoms with E-state index in [4.69, 9.17) is 0 Å². The monoisotopic (exact) mass is 296 g/mol. The van der Waals surface area contributed by atoms with E-state index in [0.717, 1.165) is 12.1 Å². The zero-order valence-electron chi connectivity index (χ0n) is 9.85. The summed E-state index contributed by atoms with van der Waals surface area (Å²) in [5, 5.41) is 8.81. The van der Waals surface area contributed by atoms with E-state index in [9.17, 15) is 13.2 Å². The third-order valence-corrected chi connectivity index (χ3v) is 3.48. The summed E-state index contributed by atoms with van der Waals surface area (Å²) in [5.41, 5.74) is 0.557. The fourth-order valence-electron chi connectivity index (χ4n) is 1.65. The third-order valence-electron chi connectivity index (χ3n) is 2.63. The first kappa shape index (κ1) is 12.8. The smallest absolute Gasteiger partial charge is 0.257 e. The molecule has 1 aromatic carbocycles. The van der Waals surface area contributed by atoms with Crippen molar-refractivity contribution < 1.29 is 13.2 Å². The van der Waals surface area contributed by atoms with Gasteiger partial charge in [0.25, 0.3) is 0 Å². The van der Waals surface area contributed by atoms with Gasteiger partial charge in [0.2, 0.25) is 0 Å². The SMILES string of the molecule is FC(F)(F)c1ccc(-c2csc(-c3ncn[nH]3)n2)cc1. The molecule has 3 aromatic rings. The van der Waals surface area contributed by atoms with Crippen molar-refractivity contribution in [1.29, 1.82) is 0 Å². The van der Waals surface area contributed by atoms with Gasteiger partial charge in [0.15, 0.2) is 10.8 Å². The maximum Gasteiger partial charge on any atom is 0.416 e. The molecule has 0 saturated carbocycles. The average molecular weight is 296 g/mol. The molecule has 4 nitrogen and oxygen atoms in total.